The number of fused-ring (bicyclic) bond motifs is 1. The second-order valence-corrected chi connectivity index (χ2v) is 7.49. The van der Waals surface area contributed by atoms with Gasteiger partial charge in [0.2, 0.25) is 0 Å². The average Bonchev–Trinajstić information content (AvgIpc) is 3.31. The Hall–Kier alpha value is -3.39. The lowest BCUT2D eigenvalue weighted by Gasteiger charge is -2.21. The average molecular weight is 390 g/mol. The van der Waals surface area contributed by atoms with E-state index in [-0.39, 0.29) is 0 Å². The Labute approximate surface area is 170 Å². The highest BCUT2D eigenvalue weighted by Gasteiger charge is 2.13. The van der Waals surface area contributed by atoms with E-state index in [9.17, 15) is 0 Å². The van der Waals surface area contributed by atoms with Crippen LogP contribution in [0.3, 0.4) is 0 Å². The topological polar surface area (TPSA) is 88.8 Å². The van der Waals surface area contributed by atoms with Gasteiger partial charge in [-0.15, -0.1) is 0 Å². The fraction of sp³-hybridized carbons (Fsp3) is 0.286. The molecule has 0 saturated carbocycles. The third kappa shape index (κ3) is 4.38. The highest BCUT2D eigenvalue weighted by atomic mass is 15.2. The van der Waals surface area contributed by atoms with Gasteiger partial charge >= 0.3 is 0 Å². The van der Waals surface area contributed by atoms with Crippen LogP contribution in [0, 0.1) is 6.92 Å². The molecule has 0 radical (unpaired) electrons. The number of nitrogens with one attached hydrogen (secondary N) is 3. The number of H-pyrrole nitrogens is 2. The van der Waals surface area contributed by atoms with E-state index < -0.39 is 0 Å². The summed E-state index contributed by atoms with van der Waals surface area (Å²) in [5.74, 6) is 2.92. The van der Waals surface area contributed by atoms with Gasteiger partial charge in [-0.1, -0.05) is 18.2 Å². The molecule has 8 nitrogen and oxygen atoms in total. The van der Waals surface area contributed by atoms with Crippen molar-refractivity contribution in [2.75, 3.05) is 44.4 Å². The summed E-state index contributed by atoms with van der Waals surface area (Å²) in [6.07, 6.45) is 0. The summed E-state index contributed by atoms with van der Waals surface area (Å²) in [6, 6.07) is 14.1. The summed E-state index contributed by atoms with van der Waals surface area (Å²) in [4.78, 5) is 17.3. The summed E-state index contributed by atoms with van der Waals surface area (Å²) < 4.78 is 0. The predicted molar refractivity (Wildman–Crippen MR) is 118 cm³/mol. The van der Waals surface area contributed by atoms with E-state index in [1.165, 1.54) is 0 Å². The van der Waals surface area contributed by atoms with Crippen molar-refractivity contribution in [2.45, 2.75) is 6.92 Å². The Balaban J connectivity index is 1.72. The van der Waals surface area contributed by atoms with Crippen molar-refractivity contribution < 1.29 is 0 Å². The highest BCUT2D eigenvalue weighted by Crippen LogP contribution is 2.26. The molecule has 4 rings (SSSR count). The fourth-order valence-corrected chi connectivity index (χ4v) is 3.09. The minimum Gasteiger partial charge on any atom is -0.358 e. The largest absolute Gasteiger partial charge is 0.358 e. The number of para-hydroxylation sites is 1. The van der Waals surface area contributed by atoms with Crippen molar-refractivity contribution in [2.24, 2.45) is 0 Å². The first-order valence-electron chi connectivity index (χ1n) is 9.60. The van der Waals surface area contributed by atoms with Crippen LogP contribution in [0.2, 0.25) is 0 Å². The molecule has 0 aliphatic carbocycles. The van der Waals surface area contributed by atoms with Gasteiger partial charge in [-0.05, 0) is 33.2 Å². The molecular formula is C21H26N8. The molecule has 3 aromatic heterocycles. The van der Waals surface area contributed by atoms with Crippen LogP contribution in [0.1, 0.15) is 5.69 Å². The van der Waals surface area contributed by atoms with E-state index in [4.69, 9.17) is 9.97 Å². The van der Waals surface area contributed by atoms with Crippen LogP contribution in [-0.2, 0) is 0 Å². The van der Waals surface area contributed by atoms with Crippen LogP contribution >= 0.6 is 0 Å². The Bertz CT molecular complexity index is 1080. The number of anilines is 3. The molecular weight excluding hydrogens is 364 g/mol. The van der Waals surface area contributed by atoms with Crippen molar-refractivity contribution >= 4 is 28.4 Å². The first-order valence-corrected chi connectivity index (χ1v) is 9.60. The Morgan fingerprint density at radius 1 is 0.966 bits per heavy atom. The standard InChI is InChI=1S/C21H26N8/c1-14-11-19(27-26-14)23-18-13-20(29(4)10-9-28(2)3)25-21(24-18)17-12-15-7-5-6-8-16(15)22-17/h5-8,11-13,22H,9-10H2,1-4H3,(H2,23,24,25,26,27). The third-order valence-corrected chi connectivity index (χ3v) is 4.72. The number of aromatic nitrogens is 5. The third-order valence-electron chi connectivity index (χ3n) is 4.72. The van der Waals surface area contributed by atoms with E-state index in [0.29, 0.717) is 11.6 Å². The molecule has 0 bridgehead atoms. The summed E-state index contributed by atoms with van der Waals surface area (Å²) in [5, 5.41) is 11.6. The SMILES string of the molecule is Cc1cc(Nc2cc(N(C)CCN(C)C)nc(-c3cc4ccccc4[nH]3)n2)n[nH]1. The zero-order valence-corrected chi connectivity index (χ0v) is 17.2. The van der Waals surface area contributed by atoms with Crippen LogP contribution < -0.4 is 10.2 Å². The molecule has 4 aromatic rings. The van der Waals surface area contributed by atoms with Gasteiger partial charge in [0.05, 0.1) is 5.69 Å². The second kappa shape index (κ2) is 7.92. The maximum Gasteiger partial charge on any atom is 0.180 e. The predicted octanol–water partition coefficient (Wildman–Crippen LogP) is 3.40. The highest BCUT2D eigenvalue weighted by molar-refractivity contribution is 5.85. The lowest BCUT2D eigenvalue weighted by atomic mass is 10.2. The Morgan fingerprint density at radius 2 is 1.79 bits per heavy atom. The van der Waals surface area contributed by atoms with Gasteiger partial charge in [-0.2, -0.15) is 5.10 Å². The number of rotatable bonds is 7. The molecule has 0 amide bonds. The van der Waals surface area contributed by atoms with E-state index in [2.05, 4.69) is 62.6 Å². The van der Waals surface area contributed by atoms with Gasteiger partial charge < -0.3 is 20.1 Å². The smallest absolute Gasteiger partial charge is 0.180 e. The molecule has 29 heavy (non-hydrogen) atoms. The molecule has 0 fully saturated rings. The van der Waals surface area contributed by atoms with Gasteiger partial charge in [0.25, 0.3) is 0 Å². The number of nitrogens with zero attached hydrogens (tertiary/aromatic N) is 5. The maximum atomic E-state index is 4.82. The van der Waals surface area contributed by atoms with Gasteiger partial charge in [-0.3, -0.25) is 5.10 Å². The number of likely N-dealkylation sites (N-methyl/N-ethyl adjacent to an activating group) is 2. The van der Waals surface area contributed by atoms with Crippen LogP contribution in [0.4, 0.5) is 17.5 Å². The van der Waals surface area contributed by atoms with E-state index in [0.717, 1.165) is 47.0 Å². The van der Waals surface area contributed by atoms with Gasteiger partial charge in [0.15, 0.2) is 11.6 Å². The molecule has 0 saturated heterocycles. The maximum absolute atomic E-state index is 4.82. The first kappa shape index (κ1) is 18.9. The lowest BCUT2D eigenvalue weighted by molar-refractivity contribution is 0.416. The monoisotopic (exact) mass is 390 g/mol. The van der Waals surface area contributed by atoms with Crippen LogP contribution in [0.25, 0.3) is 22.4 Å². The molecule has 150 valence electrons. The molecule has 1 aromatic carbocycles. The van der Waals surface area contributed by atoms with Gasteiger partial charge in [0, 0.05) is 48.9 Å². The molecule has 0 unspecified atom stereocenters. The van der Waals surface area contributed by atoms with Gasteiger partial charge in [0.1, 0.15) is 11.6 Å². The van der Waals surface area contributed by atoms with Gasteiger partial charge in [-0.25, -0.2) is 9.97 Å². The van der Waals surface area contributed by atoms with Crippen molar-refractivity contribution in [3.63, 3.8) is 0 Å². The number of hydrogen-bond acceptors (Lipinski definition) is 6. The van der Waals surface area contributed by atoms with Crippen molar-refractivity contribution in [1.82, 2.24) is 30.0 Å². The van der Waals surface area contributed by atoms with Crippen molar-refractivity contribution in [3.05, 3.63) is 48.2 Å². The molecule has 0 atom stereocenters. The minimum absolute atomic E-state index is 0.644. The fourth-order valence-electron chi connectivity index (χ4n) is 3.09. The number of aromatic amines is 2. The Morgan fingerprint density at radius 3 is 2.52 bits per heavy atom. The normalized spacial score (nSPS) is 11.3. The molecule has 3 heterocycles. The Kier molecular flexibility index (Phi) is 5.18. The van der Waals surface area contributed by atoms with Crippen LogP contribution in [-0.4, -0.2) is 64.3 Å². The number of aryl methyl sites for hydroxylation is 1. The summed E-state index contributed by atoms with van der Waals surface area (Å²) in [6.45, 7) is 3.76. The molecule has 8 heteroatoms. The van der Waals surface area contributed by atoms with E-state index in [1.807, 2.05) is 38.2 Å². The van der Waals surface area contributed by atoms with Crippen molar-refractivity contribution in [1.29, 1.82) is 0 Å². The summed E-state index contributed by atoms with van der Waals surface area (Å²) in [7, 11) is 6.18. The van der Waals surface area contributed by atoms with E-state index >= 15 is 0 Å². The van der Waals surface area contributed by atoms with Crippen LogP contribution in [0.5, 0.6) is 0 Å². The summed E-state index contributed by atoms with van der Waals surface area (Å²) in [5.41, 5.74) is 2.94. The lowest BCUT2D eigenvalue weighted by Crippen LogP contribution is -2.29. The zero-order valence-electron chi connectivity index (χ0n) is 17.2. The zero-order chi connectivity index (χ0) is 20.4. The molecule has 0 aliphatic heterocycles. The van der Waals surface area contributed by atoms with Crippen molar-refractivity contribution in [3.8, 4) is 11.5 Å². The van der Waals surface area contributed by atoms with E-state index in [1.54, 1.807) is 0 Å². The second-order valence-electron chi connectivity index (χ2n) is 7.49. The number of hydrogen-bond donors (Lipinski definition) is 3. The summed E-state index contributed by atoms with van der Waals surface area (Å²) >= 11 is 0. The minimum atomic E-state index is 0.644. The van der Waals surface area contributed by atoms with Crippen LogP contribution in [0.15, 0.2) is 42.5 Å². The molecule has 0 spiro atoms. The quantitative estimate of drug-likeness (QED) is 0.448. The first-order chi connectivity index (χ1) is 14.0. The number of benzene rings is 1. The molecule has 0 aliphatic rings. The molecule has 3 N–H and O–H groups in total.